The molecule has 0 aliphatic rings. The lowest BCUT2D eigenvalue weighted by Gasteiger charge is -2.02. The average molecular weight is 386 g/mol. The second-order valence-corrected chi connectivity index (χ2v) is 5.95. The molecule has 2 amide bonds. The molecule has 0 unspecified atom stereocenters. The van der Waals surface area contributed by atoms with Crippen LogP contribution in [0.1, 0.15) is 31.8 Å². The Bertz CT molecular complexity index is 1050. The van der Waals surface area contributed by atoms with E-state index >= 15 is 0 Å². The average Bonchev–Trinajstić information content (AvgIpc) is 2.76. The molecule has 0 heterocycles. The lowest BCUT2D eigenvalue weighted by molar-refractivity contribution is 0.0947. The SMILES string of the molecule is O=C(N/N=C/c1ccc(O)c(/C=N/NC(=O)c2ccccc2)c1)c1ccccc1. The molecule has 0 saturated heterocycles. The maximum Gasteiger partial charge on any atom is 0.271 e. The van der Waals surface area contributed by atoms with Crippen molar-refractivity contribution < 1.29 is 14.7 Å². The molecular weight excluding hydrogens is 368 g/mol. The van der Waals surface area contributed by atoms with Crippen LogP contribution < -0.4 is 10.9 Å². The van der Waals surface area contributed by atoms with E-state index in [0.29, 0.717) is 22.3 Å². The summed E-state index contributed by atoms with van der Waals surface area (Å²) >= 11 is 0. The quantitative estimate of drug-likeness (QED) is 0.448. The van der Waals surface area contributed by atoms with Crippen molar-refractivity contribution in [2.75, 3.05) is 0 Å². The van der Waals surface area contributed by atoms with Crippen LogP contribution in [0, 0.1) is 0 Å². The zero-order valence-corrected chi connectivity index (χ0v) is 15.3. The number of rotatable bonds is 6. The molecule has 7 heteroatoms. The molecule has 3 N–H and O–H groups in total. The Morgan fingerprint density at radius 3 is 1.79 bits per heavy atom. The summed E-state index contributed by atoms with van der Waals surface area (Å²) in [6, 6.07) is 22.1. The molecule has 7 nitrogen and oxygen atoms in total. The number of carbonyl (C=O) groups excluding carboxylic acids is 2. The zero-order valence-electron chi connectivity index (χ0n) is 15.3. The van der Waals surface area contributed by atoms with Crippen LogP contribution in [0.2, 0.25) is 0 Å². The maximum absolute atomic E-state index is 12.0. The summed E-state index contributed by atoms with van der Waals surface area (Å²) in [5.74, 6) is -0.693. The maximum atomic E-state index is 12.0. The number of hydrogen-bond acceptors (Lipinski definition) is 5. The first-order valence-corrected chi connectivity index (χ1v) is 8.73. The molecule has 144 valence electrons. The molecular formula is C22H18N4O3. The number of nitrogens with one attached hydrogen (secondary N) is 2. The summed E-state index contributed by atoms with van der Waals surface area (Å²) in [5.41, 5.74) is 6.82. The molecule has 0 aliphatic carbocycles. The summed E-state index contributed by atoms with van der Waals surface area (Å²) in [6.07, 6.45) is 2.77. The molecule has 29 heavy (non-hydrogen) atoms. The molecule has 0 aliphatic heterocycles. The molecule has 0 bridgehead atoms. The lowest BCUT2D eigenvalue weighted by atomic mass is 10.1. The molecule has 3 aromatic rings. The minimum absolute atomic E-state index is 0.00631. The Balaban J connectivity index is 1.62. The van der Waals surface area contributed by atoms with Gasteiger partial charge in [0.25, 0.3) is 11.8 Å². The molecule has 3 aromatic carbocycles. The van der Waals surface area contributed by atoms with Gasteiger partial charge in [-0.05, 0) is 48.0 Å². The predicted molar refractivity (Wildman–Crippen MR) is 111 cm³/mol. The number of carbonyl (C=O) groups is 2. The standard InChI is InChI=1S/C22H18N4O3/c27-20-12-11-16(14-23-25-21(28)17-7-3-1-4-8-17)13-19(20)15-24-26-22(29)18-9-5-2-6-10-18/h1-15,27H,(H,25,28)(H,26,29)/b23-14+,24-15+. The van der Waals surface area contributed by atoms with Crippen molar-refractivity contribution in [3.8, 4) is 5.75 Å². The van der Waals surface area contributed by atoms with E-state index in [1.165, 1.54) is 18.5 Å². The monoisotopic (exact) mass is 386 g/mol. The number of aromatic hydroxyl groups is 1. The molecule has 0 radical (unpaired) electrons. The van der Waals surface area contributed by atoms with Crippen LogP contribution in [0.3, 0.4) is 0 Å². The van der Waals surface area contributed by atoms with E-state index < -0.39 is 0 Å². The molecule has 0 atom stereocenters. The highest BCUT2D eigenvalue weighted by atomic mass is 16.3. The highest BCUT2D eigenvalue weighted by molar-refractivity contribution is 5.96. The summed E-state index contributed by atoms with van der Waals surface area (Å²) in [5, 5.41) is 17.7. The third-order valence-corrected chi connectivity index (χ3v) is 3.87. The van der Waals surface area contributed by atoms with Crippen LogP contribution in [0.15, 0.2) is 89.1 Å². The molecule has 0 saturated carbocycles. The van der Waals surface area contributed by atoms with Crippen molar-refractivity contribution in [2.45, 2.75) is 0 Å². The van der Waals surface area contributed by atoms with Crippen LogP contribution in [0.5, 0.6) is 5.75 Å². The summed E-state index contributed by atoms with van der Waals surface area (Å²) in [7, 11) is 0. The minimum Gasteiger partial charge on any atom is -0.507 e. The number of nitrogens with zero attached hydrogens (tertiary/aromatic N) is 2. The fraction of sp³-hybridized carbons (Fsp3) is 0. The summed E-state index contributed by atoms with van der Waals surface area (Å²) in [4.78, 5) is 23.9. The predicted octanol–water partition coefficient (Wildman–Crippen LogP) is 2.92. The molecule has 0 aromatic heterocycles. The van der Waals surface area contributed by atoms with Crippen molar-refractivity contribution in [1.82, 2.24) is 10.9 Å². The van der Waals surface area contributed by atoms with E-state index in [2.05, 4.69) is 21.1 Å². The summed E-state index contributed by atoms with van der Waals surface area (Å²) < 4.78 is 0. The van der Waals surface area contributed by atoms with Gasteiger partial charge >= 0.3 is 0 Å². The van der Waals surface area contributed by atoms with E-state index in [1.54, 1.807) is 60.7 Å². The van der Waals surface area contributed by atoms with E-state index in [9.17, 15) is 14.7 Å². The third-order valence-electron chi connectivity index (χ3n) is 3.87. The van der Waals surface area contributed by atoms with Crippen molar-refractivity contribution >= 4 is 24.2 Å². The van der Waals surface area contributed by atoms with Crippen molar-refractivity contribution in [3.05, 3.63) is 101 Å². The number of phenols is 1. The van der Waals surface area contributed by atoms with Gasteiger partial charge in [-0.2, -0.15) is 10.2 Å². The topological polar surface area (TPSA) is 103 Å². The Morgan fingerprint density at radius 1 is 0.724 bits per heavy atom. The smallest absolute Gasteiger partial charge is 0.271 e. The second-order valence-electron chi connectivity index (χ2n) is 5.95. The van der Waals surface area contributed by atoms with Gasteiger partial charge in [-0.15, -0.1) is 0 Å². The van der Waals surface area contributed by atoms with Gasteiger partial charge in [0.05, 0.1) is 12.4 Å². The van der Waals surface area contributed by atoms with Gasteiger partial charge in [0.15, 0.2) is 0 Å². The van der Waals surface area contributed by atoms with Crippen LogP contribution >= 0.6 is 0 Å². The minimum atomic E-state index is -0.359. The first-order valence-electron chi connectivity index (χ1n) is 8.73. The lowest BCUT2D eigenvalue weighted by Crippen LogP contribution is -2.17. The van der Waals surface area contributed by atoms with Gasteiger partial charge in [0.1, 0.15) is 5.75 Å². The van der Waals surface area contributed by atoms with Gasteiger partial charge < -0.3 is 5.11 Å². The van der Waals surface area contributed by atoms with Crippen molar-refractivity contribution in [3.63, 3.8) is 0 Å². The van der Waals surface area contributed by atoms with Crippen LogP contribution in [-0.2, 0) is 0 Å². The Morgan fingerprint density at radius 2 is 1.24 bits per heavy atom. The number of benzene rings is 3. The van der Waals surface area contributed by atoms with Gasteiger partial charge in [0.2, 0.25) is 0 Å². The van der Waals surface area contributed by atoms with E-state index in [1.807, 2.05) is 12.1 Å². The van der Waals surface area contributed by atoms with Crippen molar-refractivity contribution in [1.29, 1.82) is 0 Å². The highest BCUT2D eigenvalue weighted by Crippen LogP contribution is 2.15. The first kappa shape index (κ1) is 19.5. The first-order chi connectivity index (χ1) is 14.1. The number of amides is 2. The largest absolute Gasteiger partial charge is 0.507 e. The highest BCUT2D eigenvalue weighted by Gasteiger charge is 2.04. The fourth-order valence-corrected chi connectivity index (χ4v) is 2.39. The third kappa shape index (κ3) is 5.61. The van der Waals surface area contributed by atoms with E-state index in [4.69, 9.17) is 0 Å². The zero-order chi connectivity index (χ0) is 20.5. The van der Waals surface area contributed by atoms with Crippen molar-refractivity contribution in [2.24, 2.45) is 10.2 Å². The van der Waals surface area contributed by atoms with E-state index in [-0.39, 0.29) is 17.6 Å². The van der Waals surface area contributed by atoms with E-state index in [0.717, 1.165) is 0 Å². The second kappa shape index (κ2) is 9.61. The molecule has 0 fully saturated rings. The van der Waals surface area contributed by atoms with Crippen LogP contribution in [0.4, 0.5) is 0 Å². The number of hydrazone groups is 2. The molecule has 0 spiro atoms. The van der Waals surface area contributed by atoms with Gasteiger partial charge in [-0.3, -0.25) is 9.59 Å². The fourth-order valence-electron chi connectivity index (χ4n) is 2.39. The Hall–Kier alpha value is -4.26. The van der Waals surface area contributed by atoms with Gasteiger partial charge in [-0.1, -0.05) is 36.4 Å². The summed E-state index contributed by atoms with van der Waals surface area (Å²) in [6.45, 7) is 0. The van der Waals surface area contributed by atoms with Crippen LogP contribution in [-0.4, -0.2) is 29.4 Å². The number of phenolic OH excluding ortho intramolecular Hbond substituents is 1. The Kier molecular flexibility index (Phi) is 6.46. The normalized spacial score (nSPS) is 10.9. The van der Waals surface area contributed by atoms with Gasteiger partial charge in [-0.25, -0.2) is 10.9 Å². The molecule has 3 rings (SSSR count). The van der Waals surface area contributed by atoms with Crippen LogP contribution in [0.25, 0.3) is 0 Å². The van der Waals surface area contributed by atoms with Gasteiger partial charge in [0, 0.05) is 16.7 Å². The number of hydrogen-bond donors (Lipinski definition) is 3. The Labute approximate surface area is 167 Å².